The predicted molar refractivity (Wildman–Crippen MR) is 132 cm³/mol. The lowest BCUT2D eigenvalue weighted by Crippen LogP contribution is -2.70. The zero-order valence-corrected chi connectivity index (χ0v) is 21.4. The quantitative estimate of drug-likeness (QED) is 0.214. The van der Waals surface area contributed by atoms with Gasteiger partial charge in [0.2, 0.25) is 11.7 Å². The van der Waals surface area contributed by atoms with Gasteiger partial charge in [-0.25, -0.2) is 4.79 Å². The Morgan fingerprint density at radius 3 is 2.39 bits per heavy atom. The molecule has 0 radical (unpaired) electrons. The number of hydrogen-bond donors (Lipinski definition) is 7. The predicted octanol–water partition coefficient (Wildman–Crippen LogP) is 0.715. The SMILES string of the molecule is C[C@H]1c2ccc(NC(=O)OCC(C)(C)C)c(O)c2C(O)=C2C(=O)[C@]3(O)C(=O)C(C(N)=O)C(O)C[C@@H]3[C@@H](O)[C@@H]21. The van der Waals surface area contributed by atoms with E-state index in [1.807, 2.05) is 20.8 Å². The van der Waals surface area contributed by atoms with Gasteiger partial charge in [-0.1, -0.05) is 33.8 Å². The molecule has 0 aromatic heterocycles. The number of rotatable bonds is 3. The van der Waals surface area contributed by atoms with E-state index < -0.39 is 88.6 Å². The minimum atomic E-state index is -2.93. The molecule has 0 saturated heterocycles. The Hall–Kier alpha value is -3.48. The summed E-state index contributed by atoms with van der Waals surface area (Å²) in [5, 5.41) is 57.5. The maximum Gasteiger partial charge on any atom is 0.411 e. The molecule has 1 aromatic rings. The van der Waals surface area contributed by atoms with Gasteiger partial charge in [-0.05, 0) is 29.4 Å². The van der Waals surface area contributed by atoms with Crippen LogP contribution in [0, 0.1) is 23.2 Å². The van der Waals surface area contributed by atoms with Crippen LogP contribution in [0.4, 0.5) is 10.5 Å². The molecule has 0 aliphatic heterocycles. The number of aliphatic hydroxyl groups is 4. The average molecular weight is 533 g/mol. The van der Waals surface area contributed by atoms with E-state index >= 15 is 0 Å². The van der Waals surface area contributed by atoms with Crippen LogP contribution in [-0.2, 0) is 19.1 Å². The second-order valence-corrected chi connectivity index (χ2v) is 11.5. The normalized spacial score (nSPS) is 32.7. The fourth-order valence-electron chi connectivity index (χ4n) is 5.83. The van der Waals surface area contributed by atoms with Gasteiger partial charge in [0.15, 0.2) is 11.4 Å². The molecule has 4 rings (SSSR count). The largest absolute Gasteiger partial charge is 0.507 e. The smallest absolute Gasteiger partial charge is 0.411 e. The van der Waals surface area contributed by atoms with Crippen molar-refractivity contribution in [2.45, 2.75) is 57.8 Å². The Balaban J connectivity index is 1.79. The van der Waals surface area contributed by atoms with Crippen molar-refractivity contribution in [3.63, 3.8) is 0 Å². The topological polar surface area (TPSA) is 217 Å². The number of aliphatic hydroxyl groups excluding tert-OH is 3. The fraction of sp³-hybridized carbons (Fsp3) is 0.538. The highest BCUT2D eigenvalue weighted by molar-refractivity contribution is 6.25. The molecule has 1 aromatic carbocycles. The molecule has 8 N–H and O–H groups in total. The summed E-state index contributed by atoms with van der Waals surface area (Å²) >= 11 is 0. The average Bonchev–Trinajstić information content (AvgIpc) is 2.81. The van der Waals surface area contributed by atoms with E-state index in [0.717, 1.165) is 0 Å². The molecule has 2 saturated carbocycles. The Bertz CT molecular complexity index is 1270. The molecular weight excluding hydrogens is 500 g/mol. The second-order valence-electron chi connectivity index (χ2n) is 11.5. The highest BCUT2D eigenvalue weighted by atomic mass is 16.5. The van der Waals surface area contributed by atoms with Crippen LogP contribution < -0.4 is 11.1 Å². The molecule has 3 aliphatic rings. The van der Waals surface area contributed by atoms with E-state index in [4.69, 9.17) is 10.5 Å². The van der Waals surface area contributed by atoms with Crippen LogP contribution in [0.1, 0.15) is 51.2 Å². The molecule has 2 amide bonds. The molecule has 3 aliphatic carbocycles. The molecule has 2 unspecified atom stereocenters. The summed E-state index contributed by atoms with van der Waals surface area (Å²) in [6, 6.07) is 2.87. The van der Waals surface area contributed by atoms with Crippen molar-refractivity contribution in [1.82, 2.24) is 0 Å². The van der Waals surface area contributed by atoms with Gasteiger partial charge in [0.25, 0.3) is 0 Å². The van der Waals surface area contributed by atoms with E-state index in [-0.39, 0.29) is 23.3 Å². The number of benzene rings is 1. The lowest BCUT2D eigenvalue weighted by molar-refractivity contribution is -0.186. The Kier molecular flexibility index (Phi) is 6.58. The van der Waals surface area contributed by atoms with Gasteiger partial charge in [-0.2, -0.15) is 0 Å². The number of amides is 2. The Labute approximate surface area is 218 Å². The number of nitrogens with two attached hydrogens (primary N) is 1. The number of carbonyl (C=O) groups is 4. The number of fused-ring (bicyclic) bond motifs is 3. The summed E-state index contributed by atoms with van der Waals surface area (Å²) < 4.78 is 5.15. The van der Waals surface area contributed by atoms with Gasteiger partial charge < -0.3 is 36.0 Å². The summed E-state index contributed by atoms with van der Waals surface area (Å²) in [6.45, 7) is 7.27. The summed E-state index contributed by atoms with van der Waals surface area (Å²) in [7, 11) is 0. The van der Waals surface area contributed by atoms with Gasteiger partial charge in [-0.15, -0.1) is 0 Å². The third-order valence-corrected chi connectivity index (χ3v) is 7.69. The van der Waals surface area contributed by atoms with Crippen LogP contribution in [-0.4, -0.2) is 73.5 Å². The van der Waals surface area contributed by atoms with Crippen LogP contribution in [0.15, 0.2) is 17.7 Å². The molecule has 0 heterocycles. The number of phenols is 1. The lowest BCUT2D eigenvalue weighted by Gasteiger charge is -2.52. The fourth-order valence-corrected chi connectivity index (χ4v) is 5.83. The number of carbonyl (C=O) groups excluding carboxylic acids is 4. The van der Waals surface area contributed by atoms with Gasteiger partial charge in [0.05, 0.1) is 30.1 Å². The zero-order valence-electron chi connectivity index (χ0n) is 21.4. The van der Waals surface area contributed by atoms with Crippen molar-refractivity contribution < 1.29 is 49.4 Å². The third-order valence-electron chi connectivity index (χ3n) is 7.69. The van der Waals surface area contributed by atoms with Crippen molar-refractivity contribution in [1.29, 1.82) is 0 Å². The van der Waals surface area contributed by atoms with E-state index in [1.165, 1.54) is 12.1 Å². The third kappa shape index (κ3) is 4.03. The minimum Gasteiger partial charge on any atom is -0.507 e. The molecule has 38 heavy (non-hydrogen) atoms. The number of Topliss-reactive ketones (excluding diaryl/α,β-unsaturated/α-hetero) is 2. The zero-order chi connectivity index (χ0) is 28.5. The van der Waals surface area contributed by atoms with Crippen LogP contribution in [0.5, 0.6) is 5.75 Å². The van der Waals surface area contributed by atoms with Crippen molar-refractivity contribution in [3.8, 4) is 5.75 Å². The van der Waals surface area contributed by atoms with Crippen LogP contribution in [0.25, 0.3) is 5.76 Å². The molecule has 0 bridgehead atoms. The molecule has 2 fully saturated rings. The first kappa shape index (κ1) is 27.6. The van der Waals surface area contributed by atoms with Crippen molar-refractivity contribution in [2.24, 2.45) is 28.9 Å². The van der Waals surface area contributed by atoms with Crippen molar-refractivity contribution in [3.05, 3.63) is 28.8 Å². The Morgan fingerprint density at radius 1 is 1.18 bits per heavy atom. The van der Waals surface area contributed by atoms with Crippen LogP contribution >= 0.6 is 0 Å². The lowest BCUT2D eigenvalue weighted by atomic mass is 9.53. The van der Waals surface area contributed by atoms with Gasteiger partial charge in [0.1, 0.15) is 17.4 Å². The van der Waals surface area contributed by atoms with Crippen molar-refractivity contribution in [2.75, 3.05) is 11.9 Å². The number of phenolic OH excluding ortho intramolecular Hbond substituents is 1. The maximum absolute atomic E-state index is 13.7. The minimum absolute atomic E-state index is 0.0830. The summed E-state index contributed by atoms with van der Waals surface area (Å²) in [4.78, 5) is 50.9. The molecule has 206 valence electrons. The van der Waals surface area contributed by atoms with Crippen LogP contribution in [0.2, 0.25) is 0 Å². The Morgan fingerprint density at radius 2 is 1.82 bits per heavy atom. The molecular formula is C26H32N2O10. The highest BCUT2D eigenvalue weighted by Gasteiger charge is 2.67. The summed E-state index contributed by atoms with van der Waals surface area (Å²) in [5.41, 5.74) is 1.44. The number of ether oxygens (including phenoxy) is 1. The van der Waals surface area contributed by atoms with Gasteiger partial charge >= 0.3 is 6.09 Å². The van der Waals surface area contributed by atoms with E-state index in [9.17, 15) is 44.7 Å². The molecule has 0 spiro atoms. The molecule has 12 heteroatoms. The molecule has 7 atom stereocenters. The summed E-state index contributed by atoms with van der Waals surface area (Å²) in [5.74, 6) is -10.4. The number of hydrogen-bond acceptors (Lipinski definition) is 10. The second kappa shape index (κ2) is 9.07. The first-order valence-corrected chi connectivity index (χ1v) is 12.2. The number of ketones is 2. The monoisotopic (exact) mass is 532 g/mol. The number of anilines is 1. The van der Waals surface area contributed by atoms with Gasteiger partial charge in [0, 0.05) is 17.4 Å². The van der Waals surface area contributed by atoms with Gasteiger partial charge in [-0.3, -0.25) is 19.7 Å². The van der Waals surface area contributed by atoms with Crippen LogP contribution in [0.3, 0.4) is 0 Å². The highest BCUT2D eigenvalue weighted by Crippen LogP contribution is 2.55. The van der Waals surface area contributed by atoms with E-state index in [2.05, 4.69) is 5.32 Å². The van der Waals surface area contributed by atoms with E-state index in [0.29, 0.717) is 5.56 Å². The number of primary amides is 1. The summed E-state index contributed by atoms with van der Waals surface area (Å²) in [6.07, 6.45) is -4.53. The first-order chi connectivity index (χ1) is 17.5. The number of aromatic hydroxyl groups is 1. The first-order valence-electron chi connectivity index (χ1n) is 12.2. The van der Waals surface area contributed by atoms with E-state index in [1.54, 1.807) is 6.92 Å². The molecule has 12 nitrogen and oxygen atoms in total. The number of nitrogens with one attached hydrogen (secondary N) is 1. The standard InChI is InChI=1S/C26H32N2O10/c1-9-10-5-6-12(28-24(36)38-8-25(2,3)4)19(31)15(10)20(32)17-14(9)18(30)11-7-13(29)16(23(27)35)21(33)26(11,37)22(17)34/h5-6,9,11,13-14,16,18,29-32,37H,7-8H2,1-4H3,(H2,27,35)(H,28,36)/t9-,11+,13?,14+,16?,18+,26+/m0/s1. The van der Waals surface area contributed by atoms with Crippen molar-refractivity contribution >= 4 is 35.0 Å². The maximum atomic E-state index is 13.7.